The average molecular weight is 392 g/mol. The molecular formula is C18H21N3O3S2. The molecule has 26 heavy (non-hydrogen) atoms. The smallest absolute Gasteiger partial charge is 0.243 e. The third-order valence-corrected chi connectivity index (χ3v) is 5.60. The average Bonchev–Trinajstić information content (AvgIpc) is 3.23. The van der Waals surface area contributed by atoms with E-state index in [1.165, 1.54) is 0 Å². The zero-order valence-corrected chi connectivity index (χ0v) is 16.3. The molecule has 2 aromatic rings. The van der Waals surface area contributed by atoms with E-state index < -0.39 is 10.0 Å². The van der Waals surface area contributed by atoms with Gasteiger partial charge < -0.3 is 0 Å². The summed E-state index contributed by atoms with van der Waals surface area (Å²) in [6.07, 6.45) is 3.01. The van der Waals surface area contributed by atoms with Gasteiger partial charge in [0.2, 0.25) is 15.9 Å². The molecule has 0 spiro atoms. The quantitative estimate of drug-likeness (QED) is 0.817. The summed E-state index contributed by atoms with van der Waals surface area (Å²) in [5.41, 5.74) is 2.22. The predicted octanol–water partition coefficient (Wildman–Crippen LogP) is 3.60. The molecular weight excluding hydrogens is 370 g/mol. The number of rotatable bonds is 6. The highest BCUT2D eigenvalue weighted by atomic mass is 32.2. The highest BCUT2D eigenvalue weighted by Gasteiger charge is 2.33. The van der Waals surface area contributed by atoms with Gasteiger partial charge in [-0.3, -0.25) is 9.52 Å². The second-order valence-electron chi connectivity index (χ2n) is 6.22. The summed E-state index contributed by atoms with van der Waals surface area (Å²) in [6, 6.07) is 11.0. The van der Waals surface area contributed by atoms with Crippen LogP contribution in [0.1, 0.15) is 42.7 Å². The largest absolute Gasteiger partial charge is 0.284 e. The van der Waals surface area contributed by atoms with Gasteiger partial charge in [0, 0.05) is 23.4 Å². The molecule has 3 rings (SSSR count). The van der Waals surface area contributed by atoms with Crippen molar-refractivity contribution in [3.63, 3.8) is 0 Å². The zero-order valence-electron chi connectivity index (χ0n) is 14.7. The van der Waals surface area contributed by atoms with Crippen LogP contribution >= 0.6 is 11.3 Å². The number of nitrogens with one attached hydrogen (secondary N) is 1. The van der Waals surface area contributed by atoms with Crippen LogP contribution in [0.25, 0.3) is 0 Å². The molecule has 1 N–H and O–H groups in total. The summed E-state index contributed by atoms with van der Waals surface area (Å²) in [6.45, 7) is 1.98. The van der Waals surface area contributed by atoms with Crippen LogP contribution in [0.2, 0.25) is 0 Å². The Kier molecular flexibility index (Phi) is 5.43. The van der Waals surface area contributed by atoms with Gasteiger partial charge in [-0.05, 0) is 35.6 Å². The molecule has 1 unspecified atom stereocenters. The van der Waals surface area contributed by atoms with Crippen LogP contribution in [0.5, 0.6) is 0 Å². The highest BCUT2D eigenvalue weighted by molar-refractivity contribution is 7.92. The number of hydrogen-bond acceptors (Lipinski definition) is 5. The van der Waals surface area contributed by atoms with E-state index in [0.717, 1.165) is 28.8 Å². The van der Waals surface area contributed by atoms with E-state index in [4.69, 9.17) is 0 Å². The number of carbonyl (C=O) groups excluding carboxylic acids is 1. The van der Waals surface area contributed by atoms with Gasteiger partial charge in [0.1, 0.15) is 0 Å². The van der Waals surface area contributed by atoms with Gasteiger partial charge >= 0.3 is 0 Å². The van der Waals surface area contributed by atoms with Crippen LogP contribution in [0.15, 0.2) is 46.9 Å². The zero-order chi connectivity index (χ0) is 18.7. The van der Waals surface area contributed by atoms with Crippen molar-refractivity contribution in [2.75, 3.05) is 11.0 Å². The van der Waals surface area contributed by atoms with Crippen molar-refractivity contribution >= 4 is 38.7 Å². The van der Waals surface area contributed by atoms with Crippen LogP contribution in [0.3, 0.4) is 0 Å². The monoisotopic (exact) mass is 391 g/mol. The van der Waals surface area contributed by atoms with Crippen LogP contribution in [-0.4, -0.2) is 31.3 Å². The molecule has 2 heterocycles. The molecule has 1 aliphatic heterocycles. The first kappa shape index (κ1) is 18.6. The van der Waals surface area contributed by atoms with Gasteiger partial charge in [0.05, 0.1) is 18.0 Å². The first-order valence-electron chi connectivity index (χ1n) is 8.38. The van der Waals surface area contributed by atoms with Gasteiger partial charge in [-0.1, -0.05) is 25.1 Å². The van der Waals surface area contributed by atoms with Crippen LogP contribution in [-0.2, 0) is 14.8 Å². The molecule has 1 aliphatic rings. The Balaban J connectivity index is 1.85. The van der Waals surface area contributed by atoms with Crippen molar-refractivity contribution in [1.29, 1.82) is 0 Å². The number of benzene rings is 1. The Labute approximate surface area is 157 Å². The normalized spacial score (nSPS) is 17.2. The number of hydrogen-bond donors (Lipinski definition) is 1. The Morgan fingerprint density at radius 3 is 2.62 bits per heavy atom. The first-order valence-corrected chi connectivity index (χ1v) is 11.2. The molecule has 8 heteroatoms. The Hall–Kier alpha value is -2.19. The van der Waals surface area contributed by atoms with Gasteiger partial charge in [-0.2, -0.15) is 5.10 Å². The van der Waals surface area contributed by atoms with Crippen molar-refractivity contribution in [1.82, 2.24) is 5.01 Å². The lowest BCUT2D eigenvalue weighted by atomic mass is 10.0. The van der Waals surface area contributed by atoms with E-state index in [9.17, 15) is 13.2 Å². The minimum atomic E-state index is -3.31. The number of nitrogens with zero attached hydrogens (tertiary/aromatic N) is 2. The predicted molar refractivity (Wildman–Crippen MR) is 105 cm³/mol. The molecule has 1 amide bonds. The van der Waals surface area contributed by atoms with Crippen molar-refractivity contribution in [3.8, 4) is 0 Å². The van der Waals surface area contributed by atoms with Gasteiger partial charge in [-0.15, -0.1) is 11.3 Å². The van der Waals surface area contributed by atoms with E-state index in [0.29, 0.717) is 18.5 Å². The molecule has 0 saturated heterocycles. The number of amides is 1. The third kappa shape index (κ3) is 4.31. The minimum Gasteiger partial charge on any atom is -0.284 e. The van der Waals surface area contributed by atoms with Gasteiger partial charge in [0.15, 0.2) is 0 Å². The fraction of sp³-hybridized carbons (Fsp3) is 0.333. The molecule has 6 nitrogen and oxygen atoms in total. The topological polar surface area (TPSA) is 78.8 Å². The Morgan fingerprint density at radius 1 is 1.31 bits per heavy atom. The highest BCUT2D eigenvalue weighted by Crippen LogP contribution is 2.35. The molecule has 0 radical (unpaired) electrons. The molecule has 0 bridgehead atoms. The first-order chi connectivity index (χ1) is 12.4. The lowest BCUT2D eigenvalue weighted by Gasteiger charge is -2.20. The van der Waals surface area contributed by atoms with Crippen molar-refractivity contribution in [2.24, 2.45) is 5.10 Å². The molecule has 0 saturated carbocycles. The van der Waals surface area contributed by atoms with Crippen molar-refractivity contribution in [3.05, 3.63) is 52.2 Å². The third-order valence-electron chi connectivity index (χ3n) is 4.02. The molecule has 0 aliphatic carbocycles. The van der Waals surface area contributed by atoms with E-state index in [1.807, 2.05) is 36.6 Å². The molecule has 0 fully saturated rings. The SMILES string of the molecule is CCCC(=O)N1N=C(c2ccc(NS(C)(=O)=O)cc2)CC1c1cccs1. The molecule has 1 aromatic heterocycles. The fourth-order valence-electron chi connectivity index (χ4n) is 2.89. The molecule has 1 atom stereocenters. The van der Waals surface area contributed by atoms with Gasteiger partial charge in [0.25, 0.3) is 0 Å². The number of thiophene rings is 1. The maximum absolute atomic E-state index is 12.5. The number of hydrazone groups is 1. The summed E-state index contributed by atoms with van der Waals surface area (Å²) >= 11 is 1.62. The summed E-state index contributed by atoms with van der Waals surface area (Å²) in [4.78, 5) is 13.6. The summed E-state index contributed by atoms with van der Waals surface area (Å²) in [7, 11) is -3.31. The maximum Gasteiger partial charge on any atom is 0.243 e. The van der Waals surface area contributed by atoms with Crippen LogP contribution in [0, 0.1) is 0 Å². The van der Waals surface area contributed by atoms with Crippen LogP contribution in [0.4, 0.5) is 5.69 Å². The van der Waals surface area contributed by atoms with E-state index >= 15 is 0 Å². The molecule has 138 valence electrons. The number of anilines is 1. The van der Waals surface area contributed by atoms with Crippen molar-refractivity contribution in [2.45, 2.75) is 32.2 Å². The summed E-state index contributed by atoms with van der Waals surface area (Å²) in [5, 5.41) is 8.19. The van der Waals surface area contributed by atoms with Crippen molar-refractivity contribution < 1.29 is 13.2 Å². The second-order valence-corrected chi connectivity index (χ2v) is 8.95. The van der Waals surface area contributed by atoms with E-state index in [2.05, 4.69) is 9.82 Å². The van der Waals surface area contributed by atoms with Gasteiger partial charge in [-0.25, -0.2) is 13.4 Å². The molecule has 1 aromatic carbocycles. The number of carbonyl (C=O) groups is 1. The fourth-order valence-corrected chi connectivity index (χ4v) is 4.27. The van der Waals surface area contributed by atoms with E-state index in [-0.39, 0.29) is 11.9 Å². The number of sulfonamides is 1. The standard InChI is InChI=1S/C18H21N3O3S2/c1-3-5-18(22)21-16(17-6-4-11-25-17)12-15(19-21)13-7-9-14(10-8-13)20-26(2,23)24/h4,6-11,16,20H,3,5,12H2,1-2H3. The minimum absolute atomic E-state index is 0.0243. The Morgan fingerprint density at radius 2 is 2.04 bits per heavy atom. The van der Waals surface area contributed by atoms with E-state index in [1.54, 1.807) is 28.5 Å². The second kappa shape index (κ2) is 7.59. The lowest BCUT2D eigenvalue weighted by molar-refractivity contribution is -0.132. The van der Waals surface area contributed by atoms with Crippen LogP contribution < -0.4 is 4.72 Å². The maximum atomic E-state index is 12.5. The lowest BCUT2D eigenvalue weighted by Crippen LogP contribution is -2.26. The Bertz CT molecular complexity index is 904. The summed E-state index contributed by atoms with van der Waals surface area (Å²) < 4.78 is 25.1. The summed E-state index contributed by atoms with van der Waals surface area (Å²) in [5.74, 6) is 0.0243.